The van der Waals surface area contributed by atoms with Gasteiger partial charge in [-0.2, -0.15) is 0 Å². The van der Waals surface area contributed by atoms with Gasteiger partial charge in [-0.25, -0.2) is 4.98 Å². The molecular weight excluding hydrogens is 344 g/mol. The number of ether oxygens (including phenoxy) is 1. The summed E-state index contributed by atoms with van der Waals surface area (Å²) in [6.45, 7) is 6.15. The van der Waals surface area contributed by atoms with Crippen LogP contribution in [0.25, 0.3) is 11.3 Å². The highest BCUT2D eigenvalue weighted by Crippen LogP contribution is 2.28. The molecule has 134 valence electrons. The largest absolute Gasteiger partial charge is 0.483 e. The minimum Gasteiger partial charge on any atom is -0.483 e. The molecule has 0 unspecified atom stereocenters. The minimum atomic E-state index is -0.210. The number of nitrogens with one attached hydrogen (secondary N) is 1. The second kappa shape index (κ2) is 8.15. The summed E-state index contributed by atoms with van der Waals surface area (Å²) in [6, 6.07) is 14.0. The molecule has 0 radical (unpaired) electrons. The summed E-state index contributed by atoms with van der Waals surface area (Å²) in [5.41, 5.74) is 5.41. The highest BCUT2D eigenvalue weighted by Gasteiger charge is 2.11. The van der Waals surface area contributed by atoms with Crippen LogP contribution in [0.1, 0.15) is 23.6 Å². The van der Waals surface area contributed by atoms with Gasteiger partial charge in [-0.15, -0.1) is 11.3 Å². The zero-order valence-corrected chi connectivity index (χ0v) is 16.0. The van der Waals surface area contributed by atoms with Gasteiger partial charge in [-0.3, -0.25) is 10.1 Å². The predicted octanol–water partition coefficient (Wildman–Crippen LogP) is 5.01. The second-order valence-electron chi connectivity index (χ2n) is 6.15. The van der Waals surface area contributed by atoms with Crippen molar-refractivity contribution in [1.82, 2.24) is 4.98 Å². The number of hydrogen-bond donors (Lipinski definition) is 1. The average molecular weight is 366 g/mol. The van der Waals surface area contributed by atoms with Crippen molar-refractivity contribution in [2.24, 2.45) is 0 Å². The molecule has 1 aromatic heterocycles. The number of carbonyl (C=O) groups is 1. The first kappa shape index (κ1) is 18.1. The summed E-state index contributed by atoms with van der Waals surface area (Å²) in [4.78, 5) is 16.7. The number of benzene rings is 2. The van der Waals surface area contributed by atoms with E-state index in [0.29, 0.717) is 5.13 Å². The SMILES string of the molecule is CCc1ccccc1OCC(=O)Nc1nc(-c2cc(C)ccc2C)cs1. The Bertz CT molecular complexity index is 918. The van der Waals surface area contributed by atoms with Crippen molar-refractivity contribution in [3.05, 3.63) is 64.5 Å². The highest BCUT2D eigenvalue weighted by atomic mass is 32.1. The minimum absolute atomic E-state index is 0.0323. The van der Waals surface area contributed by atoms with Crippen molar-refractivity contribution < 1.29 is 9.53 Å². The van der Waals surface area contributed by atoms with E-state index in [4.69, 9.17) is 4.74 Å². The number of carbonyl (C=O) groups excluding carboxylic acids is 1. The summed E-state index contributed by atoms with van der Waals surface area (Å²) >= 11 is 1.42. The standard InChI is InChI=1S/C21H22N2O2S/c1-4-16-7-5-6-8-19(16)25-12-20(24)23-21-22-18(13-26-21)17-11-14(2)9-10-15(17)3/h5-11,13H,4,12H2,1-3H3,(H,22,23,24). The van der Waals surface area contributed by atoms with E-state index < -0.39 is 0 Å². The number of rotatable bonds is 6. The molecule has 0 aliphatic rings. The van der Waals surface area contributed by atoms with E-state index in [1.807, 2.05) is 29.6 Å². The summed E-state index contributed by atoms with van der Waals surface area (Å²) in [6.07, 6.45) is 0.865. The maximum Gasteiger partial charge on any atom is 0.264 e. The van der Waals surface area contributed by atoms with Gasteiger partial charge in [0.25, 0.3) is 5.91 Å². The van der Waals surface area contributed by atoms with Gasteiger partial charge < -0.3 is 4.74 Å². The fourth-order valence-corrected chi connectivity index (χ4v) is 3.43. The van der Waals surface area contributed by atoms with Crippen LogP contribution in [0.5, 0.6) is 5.75 Å². The van der Waals surface area contributed by atoms with E-state index in [1.54, 1.807) is 0 Å². The Morgan fingerprint density at radius 2 is 2.00 bits per heavy atom. The van der Waals surface area contributed by atoms with E-state index >= 15 is 0 Å². The van der Waals surface area contributed by atoms with Crippen molar-refractivity contribution in [2.75, 3.05) is 11.9 Å². The molecule has 0 atom stereocenters. The maximum atomic E-state index is 12.2. The molecule has 1 N–H and O–H groups in total. The molecule has 1 heterocycles. The zero-order chi connectivity index (χ0) is 18.5. The molecule has 3 aromatic rings. The van der Waals surface area contributed by atoms with Gasteiger partial charge in [-0.05, 0) is 43.5 Å². The lowest BCUT2D eigenvalue weighted by Gasteiger charge is -2.09. The Labute approximate surface area is 157 Å². The van der Waals surface area contributed by atoms with Crippen molar-refractivity contribution in [2.45, 2.75) is 27.2 Å². The first-order chi connectivity index (χ1) is 12.6. The van der Waals surface area contributed by atoms with Gasteiger partial charge in [-0.1, -0.05) is 42.8 Å². The molecule has 1 amide bonds. The number of thiazole rings is 1. The molecule has 0 aliphatic heterocycles. The fraction of sp³-hybridized carbons (Fsp3) is 0.238. The number of nitrogens with zero attached hydrogens (tertiary/aromatic N) is 1. The van der Waals surface area contributed by atoms with Crippen LogP contribution in [0.4, 0.5) is 5.13 Å². The summed E-state index contributed by atoms with van der Waals surface area (Å²) in [7, 11) is 0. The van der Waals surface area contributed by atoms with E-state index in [0.717, 1.165) is 29.0 Å². The molecule has 0 fully saturated rings. The third kappa shape index (κ3) is 4.29. The molecule has 4 nitrogen and oxygen atoms in total. The van der Waals surface area contributed by atoms with E-state index in [2.05, 4.69) is 49.3 Å². The average Bonchev–Trinajstić information content (AvgIpc) is 3.10. The van der Waals surface area contributed by atoms with Crippen molar-refractivity contribution in [3.8, 4) is 17.0 Å². The fourth-order valence-electron chi connectivity index (χ4n) is 2.70. The van der Waals surface area contributed by atoms with Crippen LogP contribution in [0.3, 0.4) is 0 Å². The highest BCUT2D eigenvalue weighted by molar-refractivity contribution is 7.14. The first-order valence-corrected chi connectivity index (χ1v) is 9.48. The van der Waals surface area contributed by atoms with Crippen molar-refractivity contribution >= 4 is 22.4 Å². The molecule has 3 rings (SSSR count). The van der Waals surface area contributed by atoms with Crippen LogP contribution in [-0.2, 0) is 11.2 Å². The third-order valence-electron chi connectivity index (χ3n) is 4.13. The molecule has 0 saturated heterocycles. The zero-order valence-electron chi connectivity index (χ0n) is 15.2. The second-order valence-corrected chi connectivity index (χ2v) is 7.01. The Morgan fingerprint density at radius 1 is 1.19 bits per heavy atom. The molecule has 0 saturated carbocycles. The maximum absolute atomic E-state index is 12.2. The summed E-state index contributed by atoms with van der Waals surface area (Å²) < 4.78 is 5.65. The van der Waals surface area contributed by atoms with Crippen molar-refractivity contribution in [3.63, 3.8) is 0 Å². The van der Waals surface area contributed by atoms with Crippen LogP contribution in [0.15, 0.2) is 47.8 Å². The van der Waals surface area contributed by atoms with Crippen molar-refractivity contribution in [1.29, 1.82) is 0 Å². The Kier molecular flexibility index (Phi) is 5.68. The van der Waals surface area contributed by atoms with E-state index in [1.165, 1.54) is 22.5 Å². The van der Waals surface area contributed by atoms with Gasteiger partial charge >= 0.3 is 0 Å². The number of hydrogen-bond acceptors (Lipinski definition) is 4. The number of aromatic nitrogens is 1. The smallest absolute Gasteiger partial charge is 0.264 e. The van der Waals surface area contributed by atoms with E-state index in [9.17, 15) is 4.79 Å². The van der Waals surface area contributed by atoms with Gasteiger partial charge in [0.1, 0.15) is 5.75 Å². The first-order valence-electron chi connectivity index (χ1n) is 8.60. The van der Waals surface area contributed by atoms with Crippen LogP contribution < -0.4 is 10.1 Å². The van der Waals surface area contributed by atoms with Gasteiger partial charge in [0.15, 0.2) is 11.7 Å². The molecule has 2 aromatic carbocycles. The molecular formula is C21H22N2O2S. The molecule has 26 heavy (non-hydrogen) atoms. The van der Waals surface area contributed by atoms with Gasteiger partial charge in [0.2, 0.25) is 0 Å². The summed E-state index contributed by atoms with van der Waals surface area (Å²) in [5.74, 6) is 0.540. The molecule has 0 bridgehead atoms. The number of aryl methyl sites for hydroxylation is 3. The predicted molar refractivity (Wildman–Crippen MR) is 107 cm³/mol. The molecule has 5 heteroatoms. The molecule has 0 aliphatic carbocycles. The monoisotopic (exact) mass is 366 g/mol. The number of amides is 1. The lowest BCUT2D eigenvalue weighted by Crippen LogP contribution is -2.20. The quantitative estimate of drug-likeness (QED) is 0.667. The Morgan fingerprint density at radius 3 is 2.81 bits per heavy atom. The summed E-state index contributed by atoms with van der Waals surface area (Å²) in [5, 5.41) is 5.36. The van der Waals surface area contributed by atoms with E-state index in [-0.39, 0.29) is 12.5 Å². The number of para-hydroxylation sites is 1. The lowest BCUT2D eigenvalue weighted by molar-refractivity contribution is -0.118. The Balaban J connectivity index is 1.64. The lowest BCUT2D eigenvalue weighted by atomic mass is 10.0. The van der Waals surface area contributed by atoms with Crippen LogP contribution in [0, 0.1) is 13.8 Å². The third-order valence-corrected chi connectivity index (χ3v) is 4.89. The van der Waals surface area contributed by atoms with Gasteiger partial charge in [0.05, 0.1) is 5.69 Å². The molecule has 0 spiro atoms. The topological polar surface area (TPSA) is 51.2 Å². The van der Waals surface area contributed by atoms with Crippen LogP contribution in [0.2, 0.25) is 0 Å². The Hall–Kier alpha value is -2.66. The van der Waals surface area contributed by atoms with Gasteiger partial charge in [0, 0.05) is 10.9 Å². The van der Waals surface area contributed by atoms with Crippen LogP contribution in [-0.4, -0.2) is 17.5 Å². The number of anilines is 1. The normalized spacial score (nSPS) is 10.6. The van der Waals surface area contributed by atoms with Crippen LogP contribution >= 0.6 is 11.3 Å².